The molecule has 3 heterocycles. The molecule has 28 heavy (non-hydrogen) atoms. The van der Waals surface area contributed by atoms with Crippen molar-refractivity contribution in [1.29, 1.82) is 0 Å². The lowest BCUT2D eigenvalue weighted by molar-refractivity contribution is 0.0941. The summed E-state index contributed by atoms with van der Waals surface area (Å²) in [5.74, 6) is -0.343. The third kappa shape index (κ3) is 3.41. The van der Waals surface area contributed by atoms with E-state index in [9.17, 15) is 9.18 Å². The highest BCUT2D eigenvalue weighted by atomic mass is 35.5. The standard InChI is InChI=1S/C19H20ClFN6O/c1-11-7-23-16-15(11)17(26-10-25-16)27-5-4-19(22,9-27)8-24-18(28)13-3-2-12(20)6-14(13)21/h2-3,6-7,10H,4-5,8-9,22H2,1H3,(H,24,28)(H,23,25,26)/t19-/m0/s1. The predicted molar refractivity (Wildman–Crippen MR) is 106 cm³/mol. The molecule has 1 aliphatic rings. The van der Waals surface area contributed by atoms with Gasteiger partial charge in [0.1, 0.15) is 23.6 Å². The van der Waals surface area contributed by atoms with E-state index in [1.54, 1.807) is 0 Å². The molecular weight excluding hydrogens is 383 g/mol. The molecule has 0 radical (unpaired) electrons. The Labute approximate surface area is 166 Å². The zero-order valence-corrected chi connectivity index (χ0v) is 16.1. The van der Waals surface area contributed by atoms with E-state index < -0.39 is 17.3 Å². The fraction of sp³-hybridized carbons (Fsp3) is 0.316. The molecule has 0 aliphatic carbocycles. The summed E-state index contributed by atoms with van der Waals surface area (Å²) in [5.41, 5.74) is 7.66. The van der Waals surface area contributed by atoms with Crippen LogP contribution in [0, 0.1) is 12.7 Å². The van der Waals surface area contributed by atoms with E-state index in [0.717, 1.165) is 28.5 Å². The molecule has 4 rings (SSSR count). The molecule has 1 amide bonds. The maximum Gasteiger partial charge on any atom is 0.254 e. The monoisotopic (exact) mass is 402 g/mol. The summed E-state index contributed by atoms with van der Waals surface area (Å²) >= 11 is 5.73. The minimum absolute atomic E-state index is 0.0525. The van der Waals surface area contributed by atoms with Crippen LogP contribution in [0.1, 0.15) is 22.3 Å². The normalized spacial score (nSPS) is 19.4. The number of rotatable bonds is 4. The Morgan fingerprint density at radius 2 is 2.29 bits per heavy atom. The van der Waals surface area contributed by atoms with Gasteiger partial charge in [0.05, 0.1) is 16.5 Å². The summed E-state index contributed by atoms with van der Waals surface area (Å²) in [6.07, 6.45) is 4.09. The van der Waals surface area contributed by atoms with Gasteiger partial charge in [-0.25, -0.2) is 14.4 Å². The first-order chi connectivity index (χ1) is 13.4. The molecule has 1 aromatic carbocycles. The summed E-state index contributed by atoms with van der Waals surface area (Å²) in [7, 11) is 0. The molecule has 1 fully saturated rings. The molecule has 2 aromatic heterocycles. The number of anilines is 1. The number of benzene rings is 1. The fourth-order valence-electron chi connectivity index (χ4n) is 3.58. The van der Waals surface area contributed by atoms with Gasteiger partial charge in [-0.1, -0.05) is 11.6 Å². The van der Waals surface area contributed by atoms with Gasteiger partial charge < -0.3 is 20.9 Å². The minimum Gasteiger partial charge on any atom is -0.354 e. The highest BCUT2D eigenvalue weighted by Gasteiger charge is 2.36. The fourth-order valence-corrected chi connectivity index (χ4v) is 3.74. The first kappa shape index (κ1) is 18.6. The van der Waals surface area contributed by atoms with Crippen LogP contribution in [0.2, 0.25) is 5.02 Å². The number of hydrogen-bond donors (Lipinski definition) is 3. The highest BCUT2D eigenvalue weighted by Crippen LogP contribution is 2.30. The number of halogens is 2. The molecule has 0 saturated carbocycles. The quantitative estimate of drug-likeness (QED) is 0.622. The molecule has 3 aromatic rings. The second-order valence-corrected chi connectivity index (χ2v) is 7.67. The number of nitrogens with zero attached hydrogens (tertiary/aromatic N) is 3. The summed E-state index contributed by atoms with van der Waals surface area (Å²) < 4.78 is 13.9. The summed E-state index contributed by atoms with van der Waals surface area (Å²) in [4.78, 5) is 26.2. The highest BCUT2D eigenvalue weighted by molar-refractivity contribution is 6.30. The lowest BCUT2D eigenvalue weighted by Crippen LogP contribution is -2.52. The Morgan fingerprint density at radius 3 is 3.07 bits per heavy atom. The number of fused-ring (bicyclic) bond motifs is 1. The van der Waals surface area contributed by atoms with Crippen LogP contribution in [-0.4, -0.2) is 46.0 Å². The van der Waals surface area contributed by atoms with Gasteiger partial charge >= 0.3 is 0 Å². The number of H-pyrrole nitrogens is 1. The van der Waals surface area contributed by atoms with Crippen LogP contribution in [0.15, 0.2) is 30.7 Å². The molecule has 1 saturated heterocycles. The third-order valence-electron chi connectivity index (χ3n) is 5.11. The maximum absolute atomic E-state index is 13.9. The van der Waals surface area contributed by atoms with Crippen LogP contribution in [0.4, 0.5) is 10.2 Å². The number of nitrogens with two attached hydrogens (primary N) is 1. The van der Waals surface area contributed by atoms with Crippen molar-refractivity contribution >= 4 is 34.4 Å². The average molecular weight is 403 g/mol. The second kappa shape index (κ2) is 7.03. The van der Waals surface area contributed by atoms with Gasteiger partial charge in [0.15, 0.2) is 0 Å². The van der Waals surface area contributed by atoms with Crippen LogP contribution < -0.4 is 16.0 Å². The first-order valence-electron chi connectivity index (χ1n) is 8.92. The largest absolute Gasteiger partial charge is 0.354 e. The van der Waals surface area contributed by atoms with Gasteiger partial charge in [-0.05, 0) is 37.1 Å². The Kier molecular flexibility index (Phi) is 4.68. The van der Waals surface area contributed by atoms with Crippen LogP contribution in [0.25, 0.3) is 11.0 Å². The van der Waals surface area contributed by atoms with Gasteiger partial charge in [0.25, 0.3) is 5.91 Å². The Hall–Kier alpha value is -2.71. The van der Waals surface area contributed by atoms with Crippen molar-refractivity contribution in [2.24, 2.45) is 5.73 Å². The lowest BCUT2D eigenvalue weighted by Gasteiger charge is -2.25. The van der Waals surface area contributed by atoms with Crippen LogP contribution in [0.3, 0.4) is 0 Å². The van der Waals surface area contributed by atoms with Gasteiger partial charge in [0, 0.05) is 30.9 Å². The number of carbonyl (C=O) groups excluding carboxylic acids is 1. The van der Waals surface area contributed by atoms with Gasteiger partial charge in [-0.15, -0.1) is 0 Å². The number of nitrogens with one attached hydrogen (secondary N) is 2. The molecule has 4 N–H and O–H groups in total. The van der Waals surface area contributed by atoms with Gasteiger partial charge in [-0.3, -0.25) is 4.79 Å². The summed E-state index contributed by atoms with van der Waals surface area (Å²) in [6, 6.07) is 3.96. The van der Waals surface area contributed by atoms with Crippen molar-refractivity contribution in [2.45, 2.75) is 18.9 Å². The zero-order chi connectivity index (χ0) is 19.9. The topological polar surface area (TPSA) is 99.9 Å². The van der Waals surface area contributed by atoms with E-state index in [1.165, 1.54) is 18.5 Å². The Morgan fingerprint density at radius 1 is 1.46 bits per heavy atom. The molecule has 0 unspecified atom stereocenters. The average Bonchev–Trinajstić information content (AvgIpc) is 3.24. The molecule has 146 valence electrons. The van der Waals surface area contributed by atoms with Crippen molar-refractivity contribution in [1.82, 2.24) is 20.3 Å². The minimum atomic E-state index is -0.657. The number of aromatic amines is 1. The number of aromatic nitrogens is 3. The van der Waals surface area contributed by atoms with E-state index in [2.05, 4.69) is 25.2 Å². The number of hydrogen-bond acceptors (Lipinski definition) is 5. The lowest BCUT2D eigenvalue weighted by atomic mass is 10.00. The van der Waals surface area contributed by atoms with Crippen LogP contribution in [-0.2, 0) is 0 Å². The molecule has 9 heteroatoms. The molecule has 0 bridgehead atoms. The Bertz CT molecular complexity index is 1050. The predicted octanol–water partition coefficient (Wildman–Crippen LogP) is 2.40. The third-order valence-corrected chi connectivity index (χ3v) is 5.34. The van der Waals surface area contributed by atoms with Gasteiger partial charge in [-0.2, -0.15) is 0 Å². The Balaban J connectivity index is 1.46. The first-order valence-corrected chi connectivity index (χ1v) is 9.30. The van der Waals surface area contributed by atoms with E-state index in [-0.39, 0.29) is 17.1 Å². The summed E-state index contributed by atoms with van der Waals surface area (Å²) in [6.45, 7) is 3.45. The van der Waals surface area contributed by atoms with E-state index >= 15 is 0 Å². The van der Waals surface area contributed by atoms with Crippen molar-refractivity contribution in [3.05, 3.63) is 52.7 Å². The molecule has 1 aliphatic heterocycles. The number of aryl methyl sites for hydroxylation is 1. The molecule has 7 nitrogen and oxygen atoms in total. The second-order valence-electron chi connectivity index (χ2n) is 7.23. The maximum atomic E-state index is 13.9. The van der Waals surface area contributed by atoms with Crippen molar-refractivity contribution in [3.8, 4) is 0 Å². The summed E-state index contributed by atoms with van der Waals surface area (Å²) in [5, 5.41) is 3.96. The SMILES string of the molecule is Cc1c[nH]c2ncnc(N3CC[C@](N)(CNC(=O)c4ccc(Cl)cc4F)C3)c12. The molecule has 1 atom stereocenters. The number of carbonyl (C=O) groups is 1. The van der Waals surface area contributed by atoms with E-state index in [0.29, 0.717) is 19.5 Å². The van der Waals surface area contributed by atoms with E-state index in [1.807, 2.05) is 13.1 Å². The van der Waals surface area contributed by atoms with E-state index in [4.69, 9.17) is 17.3 Å². The van der Waals surface area contributed by atoms with Crippen LogP contribution in [0.5, 0.6) is 0 Å². The van der Waals surface area contributed by atoms with Crippen LogP contribution >= 0.6 is 11.6 Å². The van der Waals surface area contributed by atoms with Gasteiger partial charge in [0.2, 0.25) is 0 Å². The van der Waals surface area contributed by atoms with Crippen molar-refractivity contribution in [3.63, 3.8) is 0 Å². The smallest absolute Gasteiger partial charge is 0.254 e. The molecule has 0 spiro atoms. The number of amides is 1. The van der Waals surface area contributed by atoms with Crippen molar-refractivity contribution in [2.75, 3.05) is 24.5 Å². The zero-order valence-electron chi connectivity index (χ0n) is 15.3. The van der Waals surface area contributed by atoms with Crippen molar-refractivity contribution < 1.29 is 9.18 Å². The molecular formula is C19H20ClFN6O.